The molecule has 0 saturated carbocycles. The third-order valence-electron chi connectivity index (χ3n) is 5.39. The number of aliphatic hydroxyl groups excluding tert-OH is 1. The third kappa shape index (κ3) is 2.93. The molecular formula is C21H27NO. The fourth-order valence-corrected chi connectivity index (χ4v) is 4.13. The fourth-order valence-electron chi connectivity index (χ4n) is 4.13. The van der Waals surface area contributed by atoms with E-state index in [1.165, 1.54) is 11.1 Å². The van der Waals surface area contributed by atoms with E-state index in [1.54, 1.807) is 0 Å². The Morgan fingerprint density at radius 3 is 1.96 bits per heavy atom. The van der Waals surface area contributed by atoms with Crippen LogP contribution in [0, 0.1) is 5.92 Å². The van der Waals surface area contributed by atoms with Crippen molar-refractivity contribution in [3.05, 3.63) is 71.8 Å². The average molecular weight is 309 g/mol. The average Bonchev–Trinajstić information content (AvgIpc) is 2.98. The van der Waals surface area contributed by atoms with Crippen molar-refractivity contribution < 1.29 is 5.11 Å². The molecule has 122 valence electrons. The van der Waals surface area contributed by atoms with Crippen molar-refractivity contribution in [2.24, 2.45) is 5.92 Å². The standard InChI is InChI=1S/C21H27NO/c1-17(2)22-15-20(13-14-23)21(16-22,18-9-5-3-6-10-18)19-11-7-4-8-12-19/h3-12,17,20,23H,13-16H2,1-2H3. The van der Waals surface area contributed by atoms with Gasteiger partial charge in [-0.2, -0.15) is 0 Å². The van der Waals surface area contributed by atoms with Crippen LogP contribution in [0.4, 0.5) is 0 Å². The van der Waals surface area contributed by atoms with Gasteiger partial charge in [0.25, 0.3) is 0 Å². The van der Waals surface area contributed by atoms with Crippen LogP contribution in [0.3, 0.4) is 0 Å². The van der Waals surface area contributed by atoms with E-state index in [9.17, 15) is 5.11 Å². The highest BCUT2D eigenvalue weighted by molar-refractivity contribution is 5.42. The summed E-state index contributed by atoms with van der Waals surface area (Å²) in [7, 11) is 0. The van der Waals surface area contributed by atoms with E-state index in [0.29, 0.717) is 12.0 Å². The van der Waals surface area contributed by atoms with Gasteiger partial charge in [-0.15, -0.1) is 0 Å². The molecule has 23 heavy (non-hydrogen) atoms. The number of rotatable bonds is 5. The molecule has 1 unspecified atom stereocenters. The van der Waals surface area contributed by atoms with Crippen molar-refractivity contribution in [3.8, 4) is 0 Å². The lowest BCUT2D eigenvalue weighted by Crippen LogP contribution is -2.38. The number of benzene rings is 2. The maximum Gasteiger partial charge on any atom is 0.0434 e. The molecule has 1 atom stereocenters. The summed E-state index contributed by atoms with van der Waals surface area (Å²) >= 11 is 0. The summed E-state index contributed by atoms with van der Waals surface area (Å²) in [5, 5.41) is 9.66. The van der Waals surface area contributed by atoms with Crippen LogP contribution in [0.2, 0.25) is 0 Å². The van der Waals surface area contributed by atoms with Gasteiger partial charge in [0.05, 0.1) is 0 Å². The number of likely N-dealkylation sites (tertiary alicyclic amines) is 1. The molecule has 2 heteroatoms. The summed E-state index contributed by atoms with van der Waals surface area (Å²) in [6.45, 7) is 6.84. The fraction of sp³-hybridized carbons (Fsp3) is 0.429. The minimum atomic E-state index is -0.0322. The monoisotopic (exact) mass is 309 g/mol. The predicted octanol–water partition coefficient (Wildman–Crippen LogP) is 3.70. The summed E-state index contributed by atoms with van der Waals surface area (Å²) < 4.78 is 0. The molecule has 1 heterocycles. The summed E-state index contributed by atoms with van der Waals surface area (Å²) in [6, 6.07) is 22.2. The first-order valence-electron chi connectivity index (χ1n) is 8.64. The highest BCUT2D eigenvalue weighted by Gasteiger charge is 2.48. The Labute approximate surface area is 139 Å². The van der Waals surface area contributed by atoms with Crippen LogP contribution in [-0.2, 0) is 5.41 Å². The Bertz CT molecular complexity index is 569. The lowest BCUT2D eigenvalue weighted by molar-refractivity contribution is 0.230. The topological polar surface area (TPSA) is 23.5 Å². The first-order chi connectivity index (χ1) is 11.2. The molecule has 2 nitrogen and oxygen atoms in total. The molecule has 0 amide bonds. The van der Waals surface area contributed by atoms with E-state index in [1.807, 2.05) is 0 Å². The first kappa shape index (κ1) is 16.2. The van der Waals surface area contributed by atoms with Crippen LogP contribution in [0.1, 0.15) is 31.4 Å². The van der Waals surface area contributed by atoms with Gasteiger partial charge >= 0.3 is 0 Å². The van der Waals surface area contributed by atoms with Gasteiger partial charge in [-0.05, 0) is 37.3 Å². The maximum absolute atomic E-state index is 9.66. The quantitative estimate of drug-likeness (QED) is 0.910. The van der Waals surface area contributed by atoms with Gasteiger partial charge in [0, 0.05) is 31.2 Å². The van der Waals surface area contributed by atoms with Gasteiger partial charge in [0.2, 0.25) is 0 Å². The molecule has 1 fully saturated rings. The molecular weight excluding hydrogens is 282 g/mol. The number of hydrogen-bond donors (Lipinski definition) is 1. The molecule has 1 N–H and O–H groups in total. The molecule has 1 saturated heterocycles. The SMILES string of the molecule is CC(C)N1CC(CCO)C(c2ccccc2)(c2ccccc2)C1. The van der Waals surface area contributed by atoms with Gasteiger partial charge in [-0.3, -0.25) is 4.90 Å². The molecule has 1 aliphatic heterocycles. The molecule has 2 aromatic carbocycles. The van der Waals surface area contributed by atoms with Crippen LogP contribution in [0.15, 0.2) is 60.7 Å². The largest absolute Gasteiger partial charge is 0.396 e. The van der Waals surface area contributed by atoms with Crippen molar-refractivity contribution in [2.75, 3.05) is 19.7 Å². The second-order valence-corrected chi connectivity index (χ2v) is 6.94. The zero-order valence-electron chi connectivity index (χ0n) is 14.2. The van der Waals surface area contributed by atoms with Gasteiger partial charge in [-0.1, -0.05) is 60.7 Å². The Kier molecular flexibility index (Phi) is 4.84. The highest BCUT2D eigenvalue weighted by Crippen LogP contribution is 2.46. The Balaban J connectivity index is 2.14. The van der Waals surface area contributed by atoms with Crippen molar-refractivity contribution in [1.29, 1.82) is 0 Å². The molecule has 2 aromatic rings. The van der Waals surface area contributed by atoms with Crippen molar-refractivity contribution in [2.45, 2.75) is 31.7 Å². The van der Waals surface area contributed by atoms with Crippen LogP contribution < -0.4 is 0 Å². The van der Waals surface area contributed by atoms with Gasteiger partial charge in [0.15, 0.2) is 0 Å². The Hall–Kier alpha value is -1.64. The van der Waals surface area contributed by atoms with E-state index in [2.05, 4.69) is 79.4 Å². The van der Waals surface area contributed by atoms with E-state index in [-0.39, 0.29) is 12.0 Å². The molecule has 3 rings (SSSR count). The van der Waals surface area contributed by atoms with E-state index in [0.717, 1.165) is 19.5 Å². The predicted molar refractivity (Wildman–Crippen MR) is 95.6 cm³/mol. The molecule has 0 radical (unpaired) electrons. The zero-order chi connectivity index (χ0) is 16.3. The minimum Gasteiger partial charge on any atom is -0.396 e. The van der Waals surface area contributed by atoms with Gasteiger partial charge in [0.1, 0.15) is 0 Å². The number of aliphatic hydroxyl groups is 1. The smallest absolute Gasteiger partial charge is 0.0434 e. The van der Waals surface area contributed by atoms with E-state index >= 15 is 0 Å². The Morgan fingerprint density at radius 2 is 1.52 bits per heavy atom. The van der Waals surface area contributed by atoms with E-state index < -0.39 is 0 Å². The van der Waals surface area contributed by atoms with Crippen LogP contribution >= 0.6 is 0 Å². The van der Waals surface area contributed by atoms with Crippen LogP contribution in [0.25, 0.3) is 0 Å². The van der Waals surface area contributed by atoms with Gasteiger partial charge < -0.3 is 5.11 Å². The zero-order valence-corrected chi connectivity index (χ0v) is 14.2. The maximum atomic E-state index is 9.66. The van der Waals surface area contributed by atoms with Crippen molar-refractivity contribution >= 4 is 0 Å². The van der Waals surface area contributed by atoms with Gasteiger partial charge in [-0.25, -0.2) is 0 Å². The molecule has 0 aromatic heterocycles. The summed E-state index contributed by atoms with van der Waals surface area (Å²) in [5.74, 6) is 0.430. The van der Waals surface area contributed by atoms with E-state index in [4.69, 9.17) is 0 Å². The second kappa shape index (κ2) is 6.86. The minimum absolute atomic E-state index is 0.0322. The Morgan fingerprint density at radius 1 is 1.00 bits per heavy atom. The molecule has 1 aliphatic rings. The normalized spacial score (nSPS) is 21.0. The lowest BCUT2D eigenvalue weighted by atomic mass is 9.67. The first-order valence-corrected chi connectivity index (χ1v) is 8.64. The lowest BCUT2D eigenvalue weighted by Gasteiger charge is -2.36. The summed E-state index contributed by atoms with van der Waals surface area (Å²) in [6.07, 6.45) is 0.840. The summed E-state index contributed by atoms with van der Waals surface area (Å²) in [5.41, 5.74) is 2.70. The van der Waals surface area contributed by atoms with Crippen LogP contribution in [-0.4, -0.2) is 35.7 Å². The molecule has 0 spiro atoms. The van der Waals surface area contributed by atoms with Crippen molar-refractivity contribution in [1.82, 2.24) is 4.90 Å². The summed E-state index contributed by atoms with van der Waals surface area (Å²) in [4.78, 5) is 2.56. The second-order valence-electron chi connectivity index (χ2n) is 6.94. The van der Waals surface area contributed by atoms with Crippen LogP contribution in [0.5, 0.6) is 0 Å². The third-order valence-corrected chi connectivity index (χ3v) is 5.39. The number of hydrogen-bond acceptors (Lipinski definition) is 2. The molecule has 0 bridgehead atoms. The number of nitrogens with zero attached hydrogens (tertiary/aromatic N) is 1. The highest BCUT2D eigenvalue weighted by atomic mass is 16.3. The molecule has 0 aliphatic carbocycles. The van der Waals surface area contributed by atoms with Crippen molar-refractivity contribution in [3.63, 3.8) is 0 Å².